The van der Waals surface area contributed by atoms with Crippen molar-refractivity contribution in [1.29, 1.82) is 5.26 Å². The molecule has 0 aliphatic carbocycles. The summed E-state index contributed by atoms with van der Waals surface area (Å²) in [6.07, 6.45) is 0. The molecule has 1 unspecified atom stereocenters. The van der Waals surface area contributed by atoms with Crippen LogP contribution in [0.1, 0.15) is 24.1 Å². The first-order valence-corrected chi connectivity index (χ1v) is 6.67. The van der Waals surface area contributed by atoms with Crippen molar-refractivity contribution in [2.24, 2.45) is 0 Å². The Morgan fingerprint density at radius 3 is 2.43 bits per heavy atom. The number of benzene rings is 2. The van der Waals surface area contributed by atoms with Crippen LogP contribution in [0.2, 0.25) is 0 Å². The Labute approximate surface area is 124 Å². The molecular weight excluding hydrogens is 264 g/mol. The van der Waals surface area contributed by atoms with Crippen molar-refractivity contribution in [2.45, 2.75) is 13.0 Å². The number of rotatable bonds is 5. The fraction of sp³-hybridized carbons (Fsp3) is 0.235. The van der Waals surface area contributed by atoms with E-state index >= 15 is 0 Å². The third-order valence-electron chi connectivity index (χ3n) is 3.31. The van der Waals surface area contributed by atoms with E-state index in [0.717, 1.165) is 17.0 Å². The maximum atomic E-state index is 8.93. The third-order valence-corrected chi connectivity index (χ3v) is 3.31. The normalized spacial score (nSPS) is 11.3. The molecule has 1 atom stereocenters. The van der Waals surface area contributed by atoms with Gasteiger partial charge in [0.05, 0.1) is 37.6 Å². The molecule has 1 N–H and O–H groups in total. The summed E-state index contributed by atoms with van der Waals surface area (Å²) >= 11 is 0. The van der Waals surface area contributed by atoms with Crippen molar-refractivity contribution in [3.8, 4) is 17.6 Å². The van der Waals surface area contributed by atoms with E-state index in [1.165, 1.54) is 0 Å². The van der Waals surface area contributed by atoms with Crippen molar-refractivity contribution in [1.82, 2.24) is 0 Å². The number of anilines is 1. The number of ether oxygens (including phenoxy) is 2. The maximum absolute atomic E-state index is 8.93. The molecule has 0 heterocycles. The largest absolute Gasteiger partial charge is 0.496 e. The van der Waals surface area contributed by atoms with Crippen molar-refractivity contribution < 1.29 is 9.47 Å². The number of nitrogens with zero attached hydrogens (tertiary/aromatic N) is 1. The second-order valence-electron chi connectivity index (χ2n) is 4.63. The van der Waals surface area contributed by atoms with E-state index in [9.17, 15) is 0 Å². The number of nitriles is 1. The van der Waals surface area contributed by atoms with E-state index in [1.54, 1.807) is 26.4 Å². The maximum Gasteiger partial charge on any atom is 0.143 e. The topological polar surface area (TPSA) is 54.3 Å². The summed E-state index contributed by atoms with van der Waals surface area (Å²) in [7, 11) is 3.25. The lowest BCUT2D eigenvalue weighted by Gasteiger charge is -2.20. The fourth-order valence-electron chi connectivity index (χ4n) is 2.22. The standard InChI is InChI=1S/C17H18N2O2/c1-12(14-6-4-5-7-16(14)20-2)19-15-9-8-13(11-18)10-17(15)21-3/h4-10,12,19H,1-3H3. The molecule has 2 aromatic carbocycles. The molecule has 0 spiro atoms. The minimum Gasteiger partial charge on any atom is -0.496 e. The van der Waals surface area contributed by atoms with Gasteiger partial charge in [0, 0.05) is 11.6 Å². The van der Waals surface area contributed by atoms with Gasteiger partial charge in [0.15, 0.2) is 0 Å². The van der Waals surface area contributed by atoms with E-state index in [4.69, 9.17) is 14.7 Å². The Hall–Kier alpha value is -2.67. The molecule has 4 nitrogen and oxygen atoms in total. The van der Waals surface area contributed by atoms with Gasteiger partial charge >= 0.3 is 0 Å². The summed E-state index contributed by atoms with van der Waals surface area (Å²) in [6.45, 7) is 2.05. The number of hydrogen-bond acceptors (Lipinski definition) is 4. The highest BCUT2D eigenvalue weighted by atomic mass is 16.5. The lowest BCUT2D eigenvalue weighted by atomic mass is 10.1. The van der Waals surface area contributed by atoms with E-state index in [-0.39, 0.29) is 6.04 Å². The molecule has 0 aliphatic rings. The van der Waals surface area contributed by atoms with Crippen molar-refractivity contribution >= 4 is 5.69 Å². The van der Waals surface area contributed by atoms with Crippen LogP contribution in [0, 0.1) is 11.3 Å². The second-order valence-corrected chi connectivity index (χ2v) is 4.63. The molecule has 4 heteroatoms. The van der Waals surface area contributed by atoms with E-state index < -0.39 is 0 Å². The average molecular weight is 282 g/mol. The summed E-state index contributed by atoms with van der Waals surface area (Å²) in [5.74, 6) is 1.49. The first kappa shape index (κ1) is 14.7. The van der Waals surface area contributed by atoms with Crippen LogP contribution in [0.3, 0.4) is 0 Å². The molecule has 108 valence electrons. The van der Waals surface area contributed by atoms with E-state index in [0.29, 0.717) is 11.3 Å². The number of nitrogens with one attached hydrogen (secondary N) is 1. The van der Waals surface area contributed by atoms with Crippen LogP contribution in [0.15, 0.2) is 42.5 Å². The summed E-state index contributed by atoms with van der Waals surface area (Å²) in [5.41, 5.74) is 2.48. The van der Waals surface area contributed by atoms with E-state index in [2.05, 4.69) is 18.3 Å². The van der Waals surface area contributed by atoms with Gasteiger partial charge in [-0.2, -0.15) is 5.26 Å². The number of hydrogen-bond donors (Lipinski definition) is 1. The van der Waals surface area contributed by atoms with Crippen molar-refractivity contribution in [3.05, 3.63) is 53.6 Å². The fourth-order valence-corrected chi connectivity index (χ4v) is 2.22. The zero-order valence-corrected chi connectivity index (χ0v) is 12.4. The lowest BCUT2D eigenvalue weighted by Crippen LogP contribution is -2.09. The van der Waals surface area contributed by atoms with Crippen LogP contribution < -0.4 is 14.8 Å². The second kappa shape index (κ2) is 6.67. The zero-order chi connectivity index (χ0) is 15.2. The third kappa shape index (κ3) is 3.26. The average Bonchev–Trinajstić information content (AvgIpc) is 2.55. The first-order chi connectivity index (χ1) is 10.2. The van der Waals surface area contributed by atoms with Gasteiger partial charge in [0.25, 0.3) is 0 Å². The smallest absolute Gasteiger partial charge is 0.143 e. The number of para-hydroxylation sites is 1. The molecule has 0 bridgehead atoms. The van der Waals surface area contributed by atoms with Gasteiger partial charge in [-0.15, -0.1) is 0 Å². The molecule has 21 heavy (non-hydrogen) atoms. The molecule has 0 saturated carbocycles. The van der Waals surface area contributed by atoms with Crippen LogP contribution >= 0.6 is 0 Å². The molecule has 0 radical (unpaired) electrons. The van der Waals surface area contributed by atoms with Crippen molar-refractivity contribution in [2.75, 3.05) is 19.5 Å². The van der Waals surface area contributed by atoms with Gasteiger partial charge in [-0.25, -0.2) is 0 Å². The van der Waals surface area contributed by atoms with Crippen molar-refractivity contribution in [3.63, 3.8) is 0 Å². The summed E-state index contributed by atoms with van der Waals surface area (Å²) < 4.78 is 10.7. The predicted molar refractivity (Wildman–Crippen MR) is 82.7 cm³/mol. The molecule has 2 aromatic rings. The highest BCUT2D eigenvalue weighted by Gasteiger charge is 2.13. The Morgan fingerprint density at radius 2 is 1.76 bits per heavy atom. The summed E-state index contributed by atoms with van der Waals surface area (Å²) in [4.78, 5) is 0. The van der Waals surface area contributed by atoms with Crippen LogP contribution in [-0.2, 0) is 0 Å². The van der Waals surface area contributed by atoms with Crippen LogP contribution in [0.25, 0.3) is 0 Å². The van der Waals surface area contributed by atoms with Gasteiger partial charge in [0.1, 0.15) is 11.5 Å². The van der Waals surface area contributed by atoms with Gasteiger partial charge in [0.2, 0.25) is 0 Å². The summed E-state index contributed by atoms with van der Waals surface area (Å²) in [5, 5.41) is 12.3. The lowest BCUT2D eigenvalue weighted by molar-refractivity contribution is 0.407. The van der Waals surface area contributed by atoms with Crippen LogP contribution in [-0.4, -0.2) is 14.2 Å². The molecule has 0 saturated heterocycles. The molecule has 2 rings (SSSR count). The van der Waals surface area contributed by atoms with Gasteiger partial charge in [-0.3, -0.25) is 0 Å². The Morgan fingerprint density at radius 1 is 1.05 bits per heavy atom. The minimum atomic E-state index is 0.0444. The highest BCUT2D eigenvalue weighted by Crippen LogP contribution is 2.32. The van der Waals surface area contributed by atoms with Crippen LogP contribution in [0.5, 0.6) is 11.5 Å². The van der Waals surface area contributed by atoms with Crippen LogP contribution in [0.4, 0.5) is 5.69 Å². The van der Waals surface area contributed by atoms with Gasteiger partial charge in [-0.05, 0) is 25.1 Å². The Balaban J connectivity index is 2.27. The van der Waals surface area contributed by atoms with E-state index in [1.807, 2.05) is 30.3 Å². The summed E-state index contributed by atoms with van der Waals surface area (Å²) in [6, 6.07) is 15.4. The monoisotopic (exact) mass is 282 g/mol. The highest BCUT2D eigenvalue weighted by molar-refractivity contribution is 5.60. The Bertz CT molecular complexity index is 662. The quantitative estimate of drug-likeness (QED) is 0.907. The van der Waals surface area contributed by atoms with Gasteiger partial charge in [-0.1, -0.05) is 18.2 Å². The number of methoxy groups -OCH3 is 2. The molecule has 0 fully saturated rings. The molecular formula is C17H18N2O2. The molecule has 0 aromatic heterocycles. The molecule has 0 aliphatic heterocycles. The predicted octanol–water partition coefficient (Wildman–Crippen LogP) is 3.75. The SMILES string of the molecule is COc1cc(C#N)ccc1NC(C)c1ccccc1OC. The molecule has 0 amide bonds. The zero-order valence-electron chi connectivity index (χ0n) is 12.4. The van der Waals surface area contributed by atoms with Gasteiger partial charge < -0.3 is 14.8 Å². The Kier molecular flexibility index (Phi) is 4.68. The minimum absolute atomic E-state index is 0.0444. The first-order valence-electron chi connectivity index (χ1n) is 6.67.